The highest BCUT2D eigenvalue weighted by atomic mass is 79.9. The molecule has 0 aromatic heterocycles. The molecular formula is C30H22Br2N2O3. The Morgan fingerprint density at radius 1 is 0.892 bits per heavy atom. The Morgan fingerprint density at radius 2 is 1.57 bits per heavy atom. The lowest BCUT2D eigenvalue weighted by molar-refractivity contribution is -0.114. The van der Waals surface area contributed by atoms with Crippen molar-refractivity contribution in [3.05, 3.63) is 128 Å². The van der Waals surface area contributed by atoms with E-state index in [9.17, 15) is 4.79 Å². The van der Waals surface area contributed by atoms with Crippen molar-refractivity contribution in [2.24, 2.45) is 5.10 Å². The largest absolute Gasteiger partial charge is 0.493 e. The van der Waals surface area contributed by atoms with Crippen molar-refractivity contribution in [1.82, 2.24) is 0 Å². The SMILES string of the molecule is COc1cc(/C=C2\C(=O)N(c3ccccc3)N=C2c2ccccc2)cc(Br)c1OCc1ccc(Br)cc1. The highest BCUT2D eigenvalue weighted by molar-refractivity contribution is 9.10. The summed E-state index contributed by atoms with van der Waals surface area (Å²) in [7, 11) is 1.60. The van der Waals surface area contributed by atoms with E-state index in [2.05, 4.69) is 31.9 Å². The molecule has 0 radical (unpaired) electrons. The molecule has 1 heterocycles. The van der Waals surface area contributed by atoms with Crippen molar-refractivity contribution in [2.75, 3.05) is 12.1 Å². The minimum atomic E-state index is -0.198. The third-order valence-corrected chi connectivity index (χ3v) is 6.90. The van der Waals surface area contributed by atoms with Gasteiger partial charge in [0.15, 0.2) is 11.5 Å². The number of nitrogens with zero attached hydrogens (tertiary/aromatic N) is 2. The van der Waals surface area contributed by atoms with Crippen LogP contribution in [0.4, 0.5) is 5.69 Å². The molecule has 0 aliphatic carbocycles. The van der Waals surface area contributed by atoms with Crippen LogP contribution in [0, 0.1) is 0 Å². The maximum Gasteiger partial charge on any atom is 0.281 e. The quantitative estimate of drug-likeness (QED) is 0.200. The summed E-state index contributed by atoms with van der Waals surface area (Å²) in [6.45, 7) is 0.387. The number of hydrogen-bond donors (Lipinski definition) is 0. The van der Waals surface area contributed by atoms with Crippen LogP contribution in [0.25, 0.3) is 6.08 Å². The van der Waals surface area contributed by atoms with Gasteiger partial charge < -0.3 is 9.47 Å². The van der Waals surface area contributed by atoms with Crippen LogP contribution in [0.5, 0.6) is 11.5 Å². The molecule has 1 amide bonds. The first-order valence-corrected chi connectivity index (χ1v) is 13.1. The predicted molar refractivity (Wildman–Crippen MR) is 154 cm³/mol. The molecule has 4 aromatic carbocycles. The number of benzene rings is 4. The number of hydrazone groups is 1. The monoisotopic (exact) mass is 616 g/mol. The zero-order valence-electron chi connectivity index (χ0n) is 19.9. The van der Waals surface area contributed by atoms with Crippen LogP contribution in [0.1, 0.15) is 16.7 Å². The van der Waals surface area contributed by atoms with Gasteiger partial charge in [-0.25, -0.2) is 0 Å². The van der Waals surface area contributed by atoms with Crippen molar-refractivity contribution < 1.29 is 14.3 Å². The molecule has 0 saturated heterocycles. The van der Waals surface area contributed by atoms with E-state index in [1.165, 1.54) is 5.01 Å². The summed E-state index contributed by atoms with van der Waals surface area (Å²) in [4.78, 5) is 13.6. The van der Waals surface area contributed by atoms with Crippen LogP contribution >= 0.6 is 31.9 Å². The standard InChI is InChI=1S/C30H22Br2N2O3/c1-36-27-18-21(17-26(32)29(27)37-19-20-12-14-23(31)15-13-20)16-25-28(22-8-4-2-5-9-22)33-34(30(25)35)24-10-6-3-7-11-24/h2-18H,19H2,1H3/b25-16-. The van der Waals surface area contributed by atoms with Crippen molar-refractivity contribution in [3.63, 3.8) is 0 Å². The van der Waals surface area contributed by atoms with Crippen molar-refractivity contribution in [1.29, 1.82) is 0 Å². The smallest absolute Gasteiger partial charge is 0.281 e. The number of para-hydroxylation sites is 1. The molecule has 0 N–H and O–H groups in total. The number of hydrogen-bond acceptors (Lipinski definition) is 4. The molecule has 0 saturated carbocycles. The molecule has 1 aliphatic heterocycles. The first-order valence-electron chi connectivity index (χ1n) is 11.5. The van der Waals surface area contributed by atoms with E-state index in [1.54, 1.807) is 7.11 Å². The zero-order valence-corrected chi connectivity index (χ0v) is 23.1. The minimum Gasteiger partial charge on any atom is -0.493 e. The molecule has 5 nitrogen and oxygen atoms in total. The molecule has 37 heavy (non-hydrogen) atoms. The van der Waals surface area contributed by atoms with Gasteiger partial charge in [-0.05, 0) is 69.5 Å². The maximum atomic E-state index is 13.6. The Hall–Kier alpha value is -3.68. The third kappa shape index (κ3) is 5.53. The number of anilines is 1. The van der Waals surface area contributed by atoms with Crippen molar-refractivity contribution in [3.8, 4) is 11.5 Å². The van der Waals surface area contributed by atoms with Gasteiger partial charge in [0.25, 0.3) is 5.91 Å². The van der Waals surface area contributed by atoms with Crippen LogP contribution in [0.2, 0.25) is 0 Å². The second-order valence-corrected chi connectivity index (χ2v) is 10.0. The fourth-order valence-corrected chi connectivity index (χ4v) is 4.80. The number of rotatable bonds is 7. The van der Waals surface area contributed by atoms with E-state index in [4.69, 9.17) is 14.6 Å². The van der Waals surface area contributed by atoms with Gasteiger partial charge >= 0.3 is 0 Å². The summed E-state index contributed by atoms with van der Waals surface area (Å²) in [6, 6.07) is 30.8. The normalized spacial score (nSPS) is 14.1. The molecule has 0 unspecified atom stereocenters. The molecule has 4 aromatic rings. The summed E-state index contributed by atoms with van der Waals surface area (Å²) in [5.41, 5.74) is 4.49. The fraction of sp³-hybridized carbons (Fsp3) is 0.0667. The Labute approximate surface area is 232 Å². The Morgan fingerprint density at radius 3 is 2.24 bits per heavy atom. The molecule has 0 fully saturated rings. The van der Waals surface area contributed by atoms with E-state index in [0.717, 1.165) is 25.6 Å². The molecule has 0 bridgehead atoms. The molecular weight excluding hydrogens is 596 g/mol. The van der Waals surface area contributed by atoms with Crippen LogP contribution < -0.4 is 14.5 Å². The average molecular weight is 618 g/mol. The van der Waals surface area contributed by atoms with E-state index >= 15 is 0 Å². The Balaban J connectivity index is 1.50. The van der Waals surface area contributed by atoms with E-state index in [1.807, 2.05) is 103 Å². The van der Waals surface area contributed by atoms with E-state index < -0.39 is 0 Å². The number of carbonyl (C=O) groups excluding carboxylic acids is 1. The minimum absolute atomic E-state index is 0.198. The summed E-state index contributed by atoms with van der Waals surface area (Å²) in [6.07, 6.45) is 1.84. The van der Waals surface area contributed by atoms with Gasteiger partial charge in [-0.1, -0.05) is 76.6 Å². The Bertz CT molecular complexity index is 1490. The maximum absolute atomic E-state index is 13.6. The highest BCUT2D eigenvalue weighted by Gasteiger charge is 2.32. The summed E-state index contributed by atoms with van der Waals surface area (Å²) in [5, 5.41) is 6.14. The first-order chi connectivity index (χ1) is 18.0. The predicted octanol–water partition coefficient (Wildman–Crippen LogP) is 7.63. The molecule has 184 valence electrons. The number of methoxy groups -OCH3 is 1. The van der Waals surface area contributed by atoms with Gasteiger partial charge in [0.05, 0.1) is 22.8 Å². The van der Waals surface area contributed by atoms with Crippen LogP contribution in [-0.2, 0) is 11.4 Å². The lowest BCUT2D eigenvalue weighted by atomic mass is 10.00. The number of carbonyl (C=O) groups is 1. The summed E-state index contributed by atoms with van der Waals surface area (Å²) < 4.78 is 13.5. The second kappa shape index (κ2) is 11.2. The molecule has 0 atom stereocenters. The van der Waals surface area contributed by atoms with Gasteiger partial charge in [-0.15, -0.1) is 0 Å². The van der Waals surface area contributed by atoms with Gasteiger partial charge in [-0.3, -0.25) is 4.79 Å². The molecule has 0 spiro atoms. The molecule has 7 heteroatoms. The van der Waals surface area contributed by atoms with E-state index in [-0.39, 0.29) is 5.91 Å². The lowest BCUT2D eigenvalue weighted by Crippen LogP contribution is -2.21. The van der Waals surface area contributed by atoms with E-state index in [0.29, 0.717) is 35.1 Å². The summed E-state index contributed by atoms with van der Waals surface area (Å²) >= 11 is 7.08. The first kappa shape index (κ1) is 25.0. The lowest BCUT2D eigenvalue weighted by Gasteiger charge is -2.14. The number of amides is 1. The summed E-state index contributed by atoms with van der Waals surface area (Å²) in [5.74, 6) is 0.950. The average Bonchev–Trinajstić information content (AvgIpc) is 3.25. The molecule has 5 rings (SSSR count). The second-order valence-electron chi connectivity index (χ2n) is 8.27. The van der Waals surface area contributed by atoms with Crippen LogP contribution in [-0.4, -0.2) is 18.7 Å². The number of halogens is 2. The number of ether oxygens (including phenoxy) is 2. The zero-order chi connectivity index (χ0) is 25.8. The van der Waals surface area contributed by atoms with Gasteiger partial charge in [0, 0.05) is 10.0 Å². The van der Waals surface area contributed by atoms with Crippen molar-refractivity contribution >= 4 is 55.2 Å². The fourth-order valence-electron chi connectivity index (χ4n) is 3.96. The van der Waals surface area contributed by atoms with Crippen LogP contribution in [0.3, 0.4) is 0 Å². The van der Waals surface area contributed by atoms with Gasteiger partial charge in [0.1, 0.15) is 12.3 Å². The third-order valence-electron chi connectivity index (χ3n) is 5.79. The highest BCUT2D eigenvalue weighted by Crippen LogP contribution is 2.38. The Kier molecular flexibility index (Phi) is 7.53. The van der Waals surface area contributed by atoms with Crippen LogP contribution in [0.15, 0.2) is 117 Å². The topological polar surface area (TPSA) is 51.1 Å². The van der Waals surface area contributed by atoms with Crippen molar-refractivity contribution in [2.45, 2.75) is 6.61 Å². The molecule has 1 aliphatic rings. The van der Waals surface area contributed by atoms with Gasteiger partial charge in [0.2, 0.25) is 0 Å². The van der Waals surface area contributed by atoms with Gasteiger partial charge in [-0.2, -0.15) is 10.1 Å².